The molecule has 88 valence electrons. The van der Waals surface area contributed by atoms with Gasteiger partial charge >= 0.3 is 0 Å². The van der Waals surface area contributed by atoms with E-state index >= 15 is 0 Å². The van der Waals surface area contributed by atoms with Gasteiger partial charge in [0.15, 0.2) is 0 Å². The fourth-order valence-corrected chi connectivity index (χ4v) is 2.44. The molecule has 2 fully saturated rings. The summed E-state index contributed by atoms with van der Waals surface area (Å²) in [6.07, 6.45) is 10.5. The van der Waals surface area contributed by atoms with E-state index in [9.17, 15) is 0 Å². The molecule has 0 heterocycles. The van der Waals surface area contributed by atoms with Crippen LogP contribution in [0, 0.1) is 0 Å². The molecular weight excluding hydrogens is 186 g/mol. The van der Waals surface area contributed by atoms with Gasteiger partial charge in [0.1, 0.15) is 0 Å². The van der Waals surface area contributed by atoms with Crippen LogP contribution in [0.1, 0.15) is 58.3 Å². The second-order valence-corrected chi connectivity index (χ2v) is 5.25. The third-order valence-corrected chi connectivity index (χ3v) is 3.71. The average molecular weight is 211 g/mol. The van der Waals surface area contributed by atoms with Crippen LogP contribution in [0.3, 0.4) is 0 Å². The number of hydrogen-bond acceptors (Lipinski definition) is 2. The molecule has 2 rings (SSSR count). The highest BCUT2D eigenvalue weighted by atomic mass is 16.5. The van der Waals surface area contributed by atoms with Crippen LogP contribution in [0.2, 0.25) is 0 Å². The molecule has 2 nitrogen and oxygen atoms in total. The number of nitrogens with one attached hydrogen (secondary N) is 1. The average Bonchev–Trinajstić information content (AvgIpc) is 2.97. The van der Waals surface area contributed by atoms with Gasteiger partial charge in [-0.15, -0.1) is 0 Å². The van der Waals surface area contributed by atoms with Crippen LogP contribution < -0.4 is 5.32 Å². The van der Waals surface area contributed by atoms with E-state index in [1.165, 1.54) is 51.4 Å². The van der Waals surface area contributed by atoms with Crippen molar-refractivity contribution in [3.05, 3.63) is 0 Å². The highest BCUT2D eigenvalue weighted by Crippen LogP contribution is 2.33. The third-order valence-electron chi connectivity index (χ3n) is 3.71. The van der Waals surface area contributed by atoms with E-state index in [4.69, 9.17) is 4.74 Å². The fraction of sp³-hybridized carbons (Fsp3) is 1.00. The molecule has 2 aliphatic carbocycles. The van der Waals surface area contributed by atoms with E-state index in [1.54, 1.807) is 0 Å². The normalized spacial score (nSPS) is 24.6. The van der Waals surface area contributed by atoms with Gasteiger partial charge in [-0.1, -0.05) is 26.2 Å². The molecule has 0 aromatic rings. The standard InChI is InChI=1S/C13H25NO/c1-2-3-10-15-13(8-4-5-9-13)11-14-12-6-7-12/h12,14H,2-11H2,1H3. The first-order valence-corrected chi connectivity index (χ1v) is 6.72. The van der Waals surface area contributed by atoms with E-state index in [-0.39, 0.29) is 5.60 Å². The molecule has 0 amide bonds. The highest BCUT2D eigenvalue weighted by Gasteiger charge is 2.36. The fourth-order valence-electron chi connectivity index (χ4n) is 2.44. The van der Waals surface area contributed by atoms with Gasteiger partial charge in [0, 0.05) is 19.2 Å². The van der Waals surface area contributed by atoms with Gasteiger partial charge < -0.3 is 10.1 Å². The summed E-state index contributed by atoms with van der Waals surface area (Å²) in [5.74, 6) is 0. The lowest BCUT2D eigenvalue weighted by Crippen LogP contribution is -2.41. The lowest BCUT2D eigenvalue weighted by molar-refractivity contribution is -0.0406. The number of unbranched alkanes of at least 4 members (excludes halogenated alkanes) is 1. The van der Waals surface area contributed by atoms with Crippen LogP contribution >= 0.6 is 0 Å². The third kappa shape index (κ3) is 3.46. The van der Waals surface area contributed by atoms with Crippen LogP contribution in [0.25, 0.3) is 0 Å². The first-order valence-electron chi connectivity index (χ1n) is 6.72. The molecule has 2 heteroatoms. The van der Waals surface area contributed by atoms with E-state index < -0.39 is 0 Å². The van der Waals surface area contributed by atoms with E-state index in [0.29, 0.717) is 0 Å². The molecule has 0 unspecified atom stereocenters. The van der Waals surface area contributed by atoms with Crippen LogP contribution in [0.15, 0.2) is 0 Å². The first kappa shape index (κ1) is 11.4. The molecule has 0 spiro atoms. The summed E-state index contributed by atoms with van der Waals surface area (Å²) in [5.41, 5.74) is 0.206. The van der Waals surface area contributed by atoms with Crippen molar-refractivity contribution in [2.45, 2.75) is 69.9 Å². The van der Waals surface area contributed by atoms with Crippen molar-refractivity contribution in [2.24, 2.45) is 0 Å². The van der Waals surface area contributed by atoms with Crippen molar-refractivity contribution in [1.29, 1.82) is 0 Å². The summed E-state index contributed by atoms with van der Waals surface area (Å²) in [4.78, 5) is 0. The molecule has 0 aromatic heterocycles. The zero-order valence-electron chi connectivity index (χ0n) is 10.1. The Kier molecular flexibility index (Phi) is 4.04. The Morgan fingerprint density at radius 3 is 2.60 bits per heavy atom. The van der Waals surface area contributed by atoms with Crippen LogP contribution in [-0.2, 0) is 4.74 Å². The van der Waals surface area contributed by atoms with Gasteiger partial charge in [-0.25, -0.2) is 0 Å². The molecule has 0 radical (unpaired) electrons. The number of hydrogen-bond donors (Lipinski definition) is 1. The van der Waals surface area contributed by atoms with E-state index in [1.807, 2.05) is 0 Å². The Hall–Kier alpha value is -0.0800. The molecule has 1 N–H and O–H groups in total. The SMILES string of the molecule is CCCCOC1(CNC2CC2)CCCC1. The van der Waals surface area contributed by atoms with Gasteiger partial charge in [0.05, 0.1) is 5.60 Å². The summed E-state index contributed by atoms with van der Waals surface area (Å²) in [7, 11) is 0. The van der Waals surface area contributed by atoms with Gasteiger partial charge in [-0.05, 0) is 32.1 Å². The van der Waals surface area contributed by atoms with Gasteiger partial charge in [-0.2, -0.15) is 0 Å². The summed E-state index contributed by atoms with van der Waals surface area (Å²) in [5, 5.41) is 3.64. The maximum Gasteiger partial charge on any atom is 0.0806 e. The van der Waals surface area contributed by atoms with Gasteiger partial charge in [-0.3, -0.25) is 0 Å². The maximum absolute atomic E-state index is 6.15. The zero-order chi connectivity index (χ0) is 10.6. The van der Waals surface area contributed by atoms with Crippen LogP contribution in [0.5, 0.6) is 0 Å². The molecule has 2 saturated carbocycles. The Balaban J connectivity index is 1.73. The van der Waals surface area contributed by atoms with Gasteiger partial charge in [0.2, 0.25) is 0 Å². The first-order chi connectivity index (χ1) is 7.35. The summed E-state index contributed by atoms with van der Waals surface area (Å²) in [6.45, 7) is 4.29. The molecule has 0 aliphatic heterocycles. The van der Waals surface area contributed by atoms with Crippen molar-refractivity contribution >= 4 is 0 Å². The predicted octanol–water partition coefficient (Wildman–Crippen LogP) is 2.87. The Bertz CT molecular complexity index is 183. The van der Waals surface area contributed by atoms with Crippen LogP contribution in [-0.4, -0.2) is 24.8 Å². The molecule has 2 aliphatic rings. The maximum atomic E-state index is 6.15. The molecule has 0 atom stereocenters. The van der Waals surface area contributed by atoms with Crippen molar-refractivity contribution < 1.29 is 4.74 Å². The topological polar surface area (TPSA) is 21.3 Å². The van der Waals surface area contributed by atoms with Gasteiger partial charge in [0.25, 0.3) is 0 Å². The van der Waals surface area contributed by atoms with Crippen LogP contribution in [0.4, 0.5) is 0 Å². The minimum absolute atomic E-state index is 0.206. The Morgan fingerprint density at radius 2 is 2.00 bits per heavy atom. The highest BCUT2D eigenvalue weighted by molar-refractivity contribution is 4.92. The quantitative estimate of drug-likeness (QED) is 0.654. The molecule has 0 aromatic carbocycles. The monoisotopic (exact) mass is 211 g/mol. The summed E-state index contributed by atoms with van der Waals surface area (Å²) in [6, 6.07) is 0.817. The van der Waals surface area contributed by atoms with Crippen molar-refractivity contribution in [3.8, 4) is 0 Å². The molecule has 0 saturated heterocycles. The lowest BCUT2D eigenvalue weighted by Gasteiger charge is -2.30. The molecular formula is C13H25NO. The number of rotatable bonds is 7. The number of ether oxygens (including phenoxy) is 1. The Morgan fingerprint density at radius 1 is 1.27 bits per heavy atom. The minimum Gasteiger partial charge on any atom is -0.374 e. The summed E-state index contributed by atoms with van der Waals surface area (Å²) >= 11 is 0. The van der Waals surface area contributed by atoms with E-state index in [0.717, 1.165) is 19.2 Å². The smallest absolute Gasteiger partial charge is 0.0806 e. The lowest BCUT2D eigenvalue weighted by atomic mass is 10.0. The van der Waals surface area contributed by atoms with Crippen molar-refractivity contribution in [1.82, 2.24) is 5.32 Å². The predicted molar refractivity (Wildman–Crippen MR) is 63.1 cm³/mol. The summed E-state index contributed by atoms with van der Waals surface area (Å²) < 4.78 is 6.15. The largest absolute Gasteiger partial charge is 0.374 e. The van der Waals surface area contributed by atoms with Crippen molar-refractivity contribution in [3.63, 3.8) is 0 Å². The molecule has 15 heavy (non-hydrogen) atoms. The zero-order valence-corrected chi connectivity index (χ0v) is 10.1. The molecule has 0 bridgehead atoms. The van der Waals surface area contributed by atoms with Crippen molar-refractivity contribution in [2.75, 3.05) is 13.2 Å². The Labute approximate surface area is 93.8 Å². The minimum atomic E-state index is 0.206. The second kappa shape index (κ2) is 5.31. The van der Waals surface area contributed by atoms with E-state index in [2.05, 4.69) is 12.2 Å². The second-order valence-electron chi connectivity index (χ2n) is 5.25.